The largest absolute Gasteiger partial charge is 0.479 e. The van der Waals surface area contributed by atoms with Gasteiger partial charge in [-0.05, 0) is 18.1 Å². The van der Waals surface area contributed by atoms with Crippen molar-refractivity contribution < 1.29 is 4.74 Å². The molecule has 0 bridgehead atoms. The highest BCUT2D eigenvalue weighted by Crippen LogP contribution is 2.27. The second-order valence-electron chi connectivity index (χ2n) is 4.34. The molecule has 6 nitrogen and oxygen atoms in total. The zero-order valence-electron chi connectivity index (χ0n) is 11.4. The Morgan fingerprint density at radius 2 is 2.05 bits per heavy atom. The Bertz CT molecular complexity index is 765. The van der Waals surface area contributed by atoms with E-state index in [1.807, 2.05) is 22.8 Å². The molecule has 20 heavy (non-hydrogen) atoms. The minimum atomic E-state index is 0.375. The molecule has 2 heterocycles. The lowest BCUT2D eigenvalue weighted by Crippen LogP contribution is -2.04. The van der Waals surface area contributed by atoms with E-state index in [4.69, 9.17) is 10.5 Å². The van der Waals surface area contributed by atoms with E-state index in [1.165, 1.54) is 11.9 Å². The van der Waals surface area contributed by atoms with Crippen molar-refractivity contribution >= 4 is 17.1 Å². The monoisotopic (exact) mass is 269 g/mol. The lowest BCUT2D eigenvalue weighted by Gasteiger charge is -2.10. The van der Waals surface area contributed by atoms with Crippen LogP contribution in [-0.4, -0.2) is 26.6 Å². The SMILES string of the molecule is CCc1ccccc1-n1c(N)nc2c(OC)ncnc21. The van der Waals surface area contributed by atoms with Crippen molar-refractivity contribution in [1.82, 2.24) is 19.5 Å². The molecule has 3 rings (SSSR count). The third-order valence-corrected chi connectivity index (χ3v) is 3.24. The molecule has 2 aromatic heterocycles. The fourth-order valence-corrected chi connectivity index (χ4v) is 2.30. The lowest BCUT2D eigenvalue weighted by atomic mass is 10.1. The second-order valence-corrected chi connectivity index (χ2v) is 4.34. The van der Waals surface area contributed by atoms with Gasteiger partial charge in [-0.1, -0.05) is 25.1 Å². The molecule has 0 amide bonds. The molecule has 0 spiro atoms. The molecule has 0 aliphatic carbocycles. The van der Waals surface area contributed by atoms with E-state index in [1.54, 1.807) is 7.11 Å². The molecular weight excluding hydrogens is 254 g/mol. The maximum atomic E-state index is 6.06. The summed E-state index contributed by atoms with van der Waals surface area (Å²) >= 11 is 0. The molecule has 0 radical (unpaired) electrons. The summed E-state index contributed by atoms with van der Waals surface area (Å²) in [5, 5.41) is 0. The smallest absolute Gasteiger partial charge is 0.245 e. The number of nitrogens with two attached hydrogens (primary N) is 1. The topological polar surface area (TPSA) is 78.9 Å². The third-order valence-electron chi connectivity index (χ3n) is 3.24. The summed E-state index contributed by atoms with van der Waals surface area (Å²) in [6.45, 7) is 2.10. The third kappa shape index (κ3) is 1.77. The van der Waals surface area contributed by atoms with Crippen LogP contribution in [0.4, 0.5) is 5.95 Å². The van der Waals surface area contributed by atoms with Crippen molar-refractivity contribution in [3.8, 4) is 11.6 Å². The number of nitrogen functional groups attached to an aromatic ring is 1. The fraction of sp³-hybridized carbons (Fsp3) is 0.214. The van der Waals surface area contributed by atoms with Crippen LogP contribution in [0.2, 0.25) is 0 Å². The van der Waals surface area contributed by atoms with Crippen LogP contribution in [0.5, 0.6) is 5.88 Å². The Hall–Kier alpha value is -2.63. The number of hydrogen-bond acceptors (Lipinski definition) is 5. The number of aromatic nitrogens is 4. The van der Waals surface area contributed by atoms with Gasteiger partial charge >= 0.3 is 0 Å². The normalized spacial score (nSPS) is 10.9. The second kappa shape index (κ2) is 4.80. The average molecular weight is 269 g/mol. The standard InChI is InChI=1S/C14H15N5O/c1-3-9-6-4-5-7-10(9)19-12-11(18-14(19)15)13(20-2)17-8-16-12/h4-8H,3H2,1-2H3,(H2,15,18). The number of nitrogens with zero attached hydrogens (tertiary/aromatic N) is 4. The van der Waals surface area contributed by atoms with Crippen LogP contribution in [0.25, 0.3) is 16.9 Å². The molecule has 0 aliphatic rings. The number of imidazole rings is 1. The summed E-state index contributed by atoms with van der Waals surface area (Å²) < 4.78 is 7.04. The molecule has 1 aromatic carbocycles. The summed E-state index contributed by atoms with van der Waals surface area (Å²) in [6.07, 6.45) is 2.35. The van der Waals surface area contributed by atoms with Gasteiger partial charge in [0.15, 0.2) is 11.2 Å². The van der Waals surface area contributed by atoms with Gasteiger partial charge in [0.1, 0.15) is 6.33 Å². The highest BCUT2D eigenvalue weighted by molar-refractivity contribution is 5.81. The first-order chi connectivity index (χ1) is 9.76. The number of hydrogen-bond donors (Lipinski definition) is 1. The Morgan fingerprint density at radius 3 is 2.80 bits per heavy atom. The highest BCUT2D eigenvalue weighted by atomic mass is 16.5. The molecule has 0 aliphatic heterocycles. The molecular formula is C14H15N5O. The first kappa shape index (κ1) is 12.4. The number of anilines is 1. The van der Waals surface area contributed by atoms with E-state index in [0.29, 0.717) is 23.0 Å². The number of benzene rings is 1. The van der Waals surface area contributed by atoms with Crippen molar-refractivity contribution in [2.75, 3.05) is 12.8 Å². The Morgan fingerprint density at radius 1 is 1.25 bits per heavy atom. The van der Waals surface area contributed by atoms with E-state index < -0.39 is 0 Å². The summed E-state index contributed by atoms with van der Waals surface area (Å²) in [7, 11) is 1.55. The molecule has 0 atom stereocenters. The molecule has 3 aromatic rings. The van der Waals surface area contributed by atoms with Crippen LogP contribution in [0.15, 0.2) is 30.6 Å². The Kier molecular flexibility index (Phi) is 2.98. The van der Waals surface area contributed by atoms with Gasteiger partial charge in [-0.3, -0.25) is 4.57 Å². The van der Waals surface area contributed by atoms with Gasteiger partial charge in [0.05, 0.1) is 12.8 Å². The first-order valence-electron chi connectivity index (χ1n) is 6.37. The van der Waals surface area contributed by atoms with E-state index in [-0.39, 0.29) is 0 Å². The van der Waals surface area contributed by atoms with Crippen molar-refractivity contribution in [3.63, 3.8) is 0 Å². The van der Waals surface area contributed by atoms with E-state index in [0.717, 1.165) is 12.1 Å². The van der Waals surface area contributed by atoms with Crippen LogP contribution >= 0.6 is 0 Å². The summed E-state index contributed by atoms with van der Waals surface area (Å²) in [6, 6.07) is 8.05. The van der Waals surface area contributed by atoms with Crippen LogP contribution in [-0.2, 0) is 6.42 Å². The molecule has 0 saturated carbocycles. The van der Waals surface area contributed by atoms with Crippen molar-refractivity contribution in [3.05, 3.63) is 36.2 Å². The van der Waals surface area contributed by atoms with E-state index in [2.05, 4.69) is 27.9 Å². The van der Waals surface area contributed by atoms with Crippen LogP contribution in [0, 0.1) is 0 Å². The van der Waals surface area contributed by atoms with Gasteiger partial charge in [-0.2, -0.15) is 4.98 Å². The summed E-state index contributed by atoms with van der Waals surface area (Å²) in [5.41, 5.74) is 9.44. The molecule has 0 unspecified atom stereocenters. The molecule has 102 valence electrons. The first-order valence-corrected chi connectivity index (χ1v) is 6.37. The van der Waals surface area contributed by atoms with Gasteiger partial charge in [-0.25, -0.2) is 9.97 Å². The highest BCUT2D eigenvalue weighted by Gasteiger charge is 2.17. The van der Waals surface area contributed by atoms with E-state index >= 15 is 0 Å². The number of methoxy groups -OCH3 is 1. The average Bonchev–Trinajstić information content (AvgIpc) is 2.82. The van der Waals surface area contributed by atoms with Gasteiger partial charge in [0.2, 0.25) is 11.8 Å². The molecule has 2 N–H and O–H groups in total. The Balaban J connectivity index is 2.34. The van der Waals surface area contributed by atoms with E-state index in [9.17, 15) is 0 Å². The van der Waals surface area contributed by atoms with Crippen molar-refractivity contribution in [2.24, 2.45) is 0 Å². The van der Waals surface area contributed by atoms with Crippen LogP contribution < -0.4 is 10.5 Å². The number of para-hydroxylation sites is 1. The molecule has 0 saturated heterocycles. The summed E-state index contributed by atoms with van der Waals surface area (Å²) in [5.74, 6) is 0.800. The maximum Gasteiger partial charge on any atom is 0.245 e. The van der Waals surface area contributed by atoms with Crippen LogP contribution in [0.3, 0.4) is 0 Å². The van der Waals surface area contributed by atoms with Crippen molar-refractivity contribution in [2.45, 2.75) is 13.3 Å². The zero-order valence-corrected chi connectivity index (χ0v) is 11.4. The van der Waals surface area contributed by atoms with Crippen LogP contribution in [0.1, 0.15) is 12.5 Å². The summed E-state index contributed by atoms with van der Waals surface area (Å²) in [4.78, 5) is 12.7. The van der Waals surface area contributed by atoms with Gasteiger partial charge < -0.3 is 10.5 Å². The minimum absolute atomic E-state index is 0.375. The van der Waals surface area contributed by atoms with Crippen molar-refractivity contribution in [1.29, 1.82) is 0 Å². The predicted molar refractivity (Wildman–Crippen MR) is 77.0 cm³/mol. The predicted octanol–water partition coefficient (Wildman–Crippen LogP) is 1.97. The molecule has 0 fully saturated rings. The number of ether oxygens (including phenoxy) is 1. The quantitative estimate of drug-likeness (QED) is 0.786. The lowest BCUT2D eigenvalue weighted by molar-refractivity contribution is 0.401. The number of rotatable bonds is 3. The number of fused-ring (bicyclic) bond motifs is 1. The maximum absolute atomic E-state index is 6.06. The molecule has 6 heteroatoms. The van der Waals surface area contributed by atoms with Gasteiger partial charge in [0.25, 0.3) is 0 Å². The van der Waals surface area contributed by atoms with Gasteiger partial charge in [0, 0.05) is 0 Å². The fourth-order valence-electron chi connectivity index (χ4n) is 2.30. The Labute approximate surface area is 116 Å². The zero-order chi connectivity index (χ0) is 14.1. The number of aryl methyl sites for hydroxylation is 1. The van der Waals surface area contributed by atoms with Gasteiger partial charge in [-0.15, -0.1) is 0 Å². The minimum Gasteiger partial charge on any atom is -0.479 e.